The van der Waals surface area contributed by atoms with Crippen molar-refractivity contribution in [2.45, 2.75) is 17.9 Å². The third kappa shape index (κ3) is 5.07. The molecular weight excluding hydrogens is 432 g/mol. The van der Waals surface area contributed by atoms with E-state index in [1.54, 1.807) is 36.7 Å². The van der Waals surface area contributed by atoms with Gasteiger partial charge in [0.2, 0.25) is 21.9 Å². The number of morpholine rings is 1. The van der Waals surface area contributed by atoms with E-state index < -0.39 is 10.0 Å². The molecular formula is C21H28N6O4S. The zero-order chi connectivity index (χ0) is 22.6. The maximum absolute atomic E-state index is 12.9. The highest BCUT2D eigenvalue weighted by molar-refractivity contribution is 7.89. The highest BCUT2D eigenvalue weighted by Gasteiger charge is 2.28. The number of hydrogen-bond donors (Lipinski definition) is 1. The average Bonchev–Trinajstić information content (AvgIpc) is 2.85. The minimum atomic E-state index is -3.62. The van der Waals surface area contributed by atoms with Crippen LogP contribution in [0, 0.1) is 0 Å². The maximum Gasteiger partial charge on any atom is 0.243 e. The van der Waals surface area contributed by atoms with Gasteiger partial charge in [-0.05, 0) is 31.2 Å². The van der Waals surface area contributed by atoms with Crippen molar-refractivity contribution in [2.75, 3.05) is 62.7 Å². The number of rotatable bonds is 6. The normalized spacial score (nSPS) is 19.5. The Labute approximate surface area is 188 Å². The minimum absolute atomic E-state index is 0.168. The summed E-state index contributed by atoms with van der Waals surface area (Å²) >= 11 is 0. The first-order chi connectivity index (χ1) is 15.4. The number of nitrogens with zero attached hydrogens (tertiary/aromatic N) is 5. The molecule has 0 saturated carbocycles. The average molecular weight is 461 g/mol. The first-order valence-corrected chi connectivity index (χ1v) is 12.1. The summed E-state index contributed by atoms with van der Waals surface area (Å²) in [5.41, 5.74) is 0.465. The van der Waals surface area contributed by atoms with Crippen molar-refractivity contribution < 1.29 is 17.9 Å². The van der Waals surface area contributed by atoms with Crippen molar-refractivity contribution >= 4 is 27.6 Å². The molecule has 0 radical (unpaired) electrons. The predicted octanol–water partition coefficient (Wildman–Crippen LogP) is 0.647. The first-order valence-electron chi connectivity index (χ1n) is 10.7. The molecule has 0 spiro atoms. The summed E-state index contributed by atoms with van der Waals surface area (Å²) in [6, 6.07) is 7.84. The van der Waals surface area contributed by atoms with Crippen LogP contribution in [0.5, 0.6) is 0 Å². The van der Waals surface area contributed by atoms with Crippen LogP contribution in [0.4, 0.5) is 11.6 Å². The number of sulfonamides is 1. The molecule has 1 aromatic carbocycles. The monoisotopic (exact) mass is 460 g/mol. The first kappa shape index (κ1) is 22.6. The SMILES string of the molecule is C[C@@H](C(=O)Nc1cccc(S(=O)(=O)N2CCOCC2)c1)N1CCN(c2ncccn2)CC1. The number of carbonyl (C=O) groups is 1. The molecule has 11 heteroatoms. The van der Waals surface area contributed by atoms with Gasteiger partial charge in [0.15, 0.2) is 0 Å². The number of amides is 1. The quantitative estimate of drug-likeness (QED) is 0.669. The third-order valence-electron chi connectivity index (χ3n) is 5.79. The van der Waals surface area contributed by atoms with Crippen LogP contribution in [-0.2, 0) is 19.6 Å². The third-order valence-corrected chi connectivity index (χ3v) is 7.68. The van der Waals surface area contributed by atoms with E-state index in [4.69, 9.17) is 4.74 Å². The molecule has 2 aliphatic heterocycles. The van der Waals surface area contributed by atoms with Gasteiger partial charge in [0.05, 0.1) is 24.2 Å². The Morgan fingerprint density at radius 1 is 1.03 bits per heavy atom. The largest absolute Gasteiger partial charge is 0.379 e. The van der Waals surface area contributed by atoms with Crippen LogP contribution in [0.25, 0.3) is 0 Å². The number of carbonyl (C=O) groups excluding carboxylic acids is 1. The van der Waals surface area contributed by atoms with Crippen molar-refractivity contribution in [1.82, 2.24) is 19.2 Å². The zero-order valence-corrected chi connectivity index (χ0v) is 18.9. The molecule has 1 amide bonds. The fourth-order valence-corrected chi connectivity index (χ4v) is 5.30. The highest BCUT2D eigenvalue weighted by atomic mass is 32.2. The topological polar surface area (TPSA) is 108 Å². The van der Waals surface area contributed by atoms with Gasteiger partial charge in [-0.3, -0.25) is 9.69 Å². The number of hydrogen-bond acceptors (Lipinski definition) is 8. The van der Waals surface area contributed by atoms with Gasteiger partial charge >= 0.3 is 0 Å². The van der Waals surface area contributed by atoms with Gasteiger partial charge in [-0.15, -0.1) is 0 Å². The summed E-state index contributed by atoms with van der Waals surface area (Å²) in [6.45, 7) is 6.16. The highest BCUT2D eigenvalue weighted by Crippen LogP contribution is 2.21. The lowest BCUT2D eigenvalue weighted by atomic mass is 10.2. The van der Waals surface area contributed by atoms with Gasteiger partial charge in [0, 0.05) is 57.3 Å². The number of piperazine rings is 1. The van der Waals surface area contributed by atoms with E-state index in [0.29, 0.717) is 51.0 Å². The minimum Gasteiger partial charge on any atom is -0.379 e. The van der Waals surface area contributed by atoms with Gasteiger partial charge < -0.3 is 15.0 Å². The second-order valence-electron chi connectivity index (χ2n) is 7.78. The molecule has 172 valence electrons. The summed E-state index contributed by atoms with van der Waals surface area (Å²) in [5, 5.41) is 2.87. The lowest BCUT2D eigenvalue weighted by molar-refractivity contribution is -0.120. The summed E-state index contributed by atoms with van der Waals surface area (Å²) in [7, 11) is -3.62. The number of anilines is 2. The van der Waals surface area contributed by atoms with Crippen molar-refractivity contribution in [1.29, 1.82) is 0 Å². The number of nitrogens with one attached hydrogen (secondary N) is 1. The second-order valence-corrected chi connectivity index (χ2v) is 9.72. The van der Waals surface area contributed by atoms with Gasteiger partial charge in [0.25, 0.3) is 0 Å². The van der Waals surface area contributed by atoms with E-state index in [1.807, 2.05) is 6.92 Å². The molecule has 0 bridgehead atoms. The Bertz CT molecular complexity index is 1020. The Hall–Kier alpha value is -2.60. The van der Waals surface area contributed by atoms with Gasteiger partial charge in [-0.25, -0.2) is 18.4 Å². The Balaban J connectivity index is 1.36. The Kier molecular flexibility index (Phi) is 6.99. The van der Waals surface area contributed by atoms with Gasteiger partial charge in [-0.2, -0.15) is 4.31 Å². The summed E-state index contributed by atoms with van der Waals surface area (Å²) < 4.78 is 32.4. The molecule has 3 heterocycles. The van der Waals surface area contributed by atoms with Crippen molar-refractivity contribution in [3.63, 3.8) is 0 Å². The van der Waals surface area contributed by atoms with E-state index in [0.717, 1.165) is 13.1 Å². The van der Waals surface area contributed by atoms with Crippen LogP contribution in [0.15, 0.2) is 47.6 Å². The fraction of sp³-hybridized carbons (Fsp3) is 0.476. The smallest absolute Gasteiger partial charge is 0.243 e. The van der Waals surface area contributed by atoms with Crippen molar-refractivity contribution in [3.8, 4) is 0 Å². The maximum atomic E-state index is 12.9. The van der Waals surface area contributed by atoms with Crippen molar-refractivity contribution in [3.05, 3.63) is 42.7 Å². The molecule has 1 aromatic heterocycles. The van der Waals surface area contributed by atoms with Crippen LogP contribution >= 0.6 is 0 Å². The molecule has 10 nitrogen and oxygen atoms in total. The Morgan fingerprint density at radius 2 is 1.72 bits per heavy atom. The summed E-state index contributed by atoms with van der Waals surface area (Å²) in [6.07, 6.45) is 3.44. The number of ether oxygens (including phenoxy) is 1. The molecule has 2 aliphatic rings. The van der Waals surface area contributed by atoms with E-state index >= 15 is 0 Å². The predicted molar refractivity (Wildman–Crippen MR) is 120 cm³/mol. The molecule has 0 aliphatic carbocycles. The lowest BCUT2D eigenvalue weighted by Crippen LogP contribution is -2.53. The second kappa shape index (κ2) is 9.90. The molecule has 1 atom stereocenters. The number of aromatic nitrogens is 2. The zero-order valence-electron chi connectivity index (χ0n) is 18.1. The fourth-order valence-electron chi connectivity index (χ4n) is 3.85. The molecule has 2 aromatic rings. The molecule has 2 saturated heterocycles. The summed E-state index contributed by atoms with van der Waals surface area (Å²) in [5.74, 6) is 0.526. The Morgan fingerprint density at radius 3 is 2.41 bits per heavy atom. The molecule has 2 fully saturated rings. The molecule has 32 heavy (non-hydrogen) atoms. The molecule has 4 rings (SSSR count). The van der Waals surface area contributed by atoms with Gasteiger partial charge in [-0.1, -0.05) is 6.07 Å². The van der Waals surface area contributed by atoms with Crippen molar-refractivity contribution in [2.24, 2.45) is 0 Å². The van der Waals surface area contributed by atoms with E-state index in [2.05, 4.69) is 25.1 Å². The van der Waals surface area contributed by atoms with Crippen LogP contribution in [0.2, 0.25) is 0 Å². The van der Waals surface area contributed by atoms with Crippen LogP contribution in [0.1, 0.15) is 6.92 Å². The van der Waals surface area contributed by atoms with Crippen LogP contribution in [-0.4, -0.2) is 92.0 Å². The van der Waals surface area contributed by atoms with E-state index in [-0.39, 0.29) is 16.8 Å². The molecule has 0 unspecified atom stereocenters. The number of benzene rings is 1. The van der Waals surface area contributed by atoms with Crippen LogP contribution in [0.3, 0.4) is 0 Å². The van der Waals surface area contributed by atoms with E-state index in [1.165, 1.54) is 10.4 Å². The summed E-state index contributed by atoms with van der Waals surface area (Å²) in [4.78, 5) is 25.8. The molecule has 1 N–H and O–H groups in total. The standard InChI is InChI=1S/C21H28N6O4S/c1-17(25-8-10-26(11-9-25)21-22-6-3-7-23-21)20(28)24-18-4-2-5-19(16-18)32(29,30)27-12-14-31-15-13-27/h2-7,16-17H,8-15H2,1H3,(H,24,28)/t17-/m0/s1. The lowest BCUT2D eigenvalue weighted by Gasteiger charge is -2.37. The van der Waals surface area contributed by atoms with Crippen LogP contribution < -0.4 is 10.2 Å². The van der Waals surface area contributed by atoms with E-state index in [9.17, 15) is 13.2 Å². The van der Waals surface area contributed by atoms with Gasteiger partial charge in [0.1, 0.15) is 0 Å².